The standard InChI is InChI=1S/C11H14O3/c1-4-14-11(13)10-7(2)5-9(12)6-8(10)3/h5H,4,6H2,1-3H3. The van der Waals surface area contributed by atoms with Gasteiger partial charge in [0.1, 0.15) is 0 Å². The molecule has 0 saturated heterocycles. The molecule has 76 valence electrons. The third-order valence-corrected chi connectivity index (χ3v) is 2.12. The van der Waals surface area contributed by atoms with Gasteiger partial charge >= 0.3 is 5.97 Å². The normalized spacial score (nSPS) is 16.8. The van der Waals surface area contributed by atoms with Crippen LogP contribution in [0.5, 0.6) is 0 Å². The minimum absolute atomic E-state index is 0.0491. The Balaban J connectivity index is 2.97. The average molecular weight is 194 g/mol. The molecule has 14 heavy (non-hydrogen) atoms. The number of carbonyl (C=O) groups excluding carboxylic acids is 2. The molecule has 0 aromatic rings. The van der Waals surface area contributed by atoms with Gasteiger partial charge in [-0.25, -0.2) is 4.79 Å². The fourth-order valence-corrected chi connectivity index (χ4v) is 1.59. The molecule has 3 nitrogen and oxygen atoms in total. The van der Waals surface area contributed by atoms with Crippen molar-refractivity contribution in [2.24, 2.45) is 0 Å². The maximum atomic E-state index is 11.5. The van der Waals surface area contributed by atoms with Gasteiger partial charge in [-0.1, -0.05) is 5.57 Å². The lowest BCUT2D eigenvalue weighted by atomic mass is 9.92. The zero-order valence-electron chi connectivity index (χ0n) is 8.72. The SMILES string of the molecule is CCOC(=O)C1=C(C)CC(=O)C=C1C. The van der Waals surface area contributed by atoms with Crippen LogP contribution in [-0.2, 0) is 14.3 Å². The first kappa shape index (κ1) is 10.7. The number of hydrogen-bond donors (Lipinski definition) is 0. The summed E-state index contributed by atoms with van der Waals surface area (Å²) in [6.45, 7) is 5.67. The largest absolute Gasteiger partial charge is 0.462 e. The van der Waals surface area contributed by atoms with E-state index in [1.807, 2.05) is 0 Å². The molecule has 1 aliphatic rings. The average Bonchev–Trinajstić information content (AvgIpc) is 2.01. The van der Waals surface area contributed by atoms with Gasteiger partial charge in [0.2, 0.25) is 0 Å². The Hall–Kier alpha value is -1.38. The Kier molecular flexibility index (Phi) is 3.23. The van der Waals surface area contributed by atoms with Crippen LogP contribution in [0.1, 0.15) is 27.2 Å². The van der Waals surface area contributed by atoms with Crippen molar-refractivity contribution in [2.75, 3.05) is 6.61 Å². The Labute approximate surface area is 83.4 Å². The summed E-state index contributed by atoms with van der Waals surface area (Å²) in [6, 6.07) is 0. The lowest BCUT2D eigenvalue weighted by molar-refractivity contribution is -0.138. The number of carbonyl (C=O) groups is 2. The molecule has 0 aliphatic heterocycles. The van der Waals surface area contributed by atoms with E-state index >= 15 is 0 Å². The van der Waals surface area contributed by atoms with Crippen LogP contribution in [0.15, 0.2) is 22.8 Å². The van der Waals surface area contributed by atoms with E-state index in [2.05, 4.69) is 0 Å². The minimum atomic E-state index is -0.328. The highest BCUT2D eigenvalue weighted by Crippen LogP contribution is 2.23. The zero-order chi connectivity index (χ0) is 10.7. The van der Waals surface area contributed by atoms with Crippen molar-refractivity contribution < 1.29 is 14.3 Å². The molecular formula is C11H14O3. The third kappa shape index (κ3) is 2.10. The van der Waals surface area contributed by atoms with Gasteiger partial charge in [0, 0.05) is 6.42 Å². The number of ether oxygens (including phenoxy) is 1. The predicted molar refractivity (Wildman–Crippen MR) is 52.7 cm³/mol. The number of esters is 1. The first-order chi connectivity index (χ1) is 6.56. The maximum absolute atomic E-state index is 11.5. The summed E-state index contributed by atoms with van der Waals surface area (Å²) in [6.07, 6.45) is 1.82. The molecule has 0 atom stereocenters. The molecule has 0 radical (unpaired) electrons. The summed E-state index contributed by atoms with van der Waals surface area (Å²) < 4.78 is 4.91. The van der Waals surface area contributed by atoms with E-state index in [1.54, 1.807) is 20.8 Å². The highest BCUT2D eigenvalue weighted by Gasteiger charge is 2.21. The molecule has 0 unspecified atom stereocenters. The second-order valence-electron chi connectivity index (χ2n) is 3.35. The highest BCUT2D eigenvalue weighted by atomic mass is 16.5. The number of ketones is 1. The summed E-state index contributed by atoms with van der Waals surface area (Å²) >= 11 is 0. The molecule has 0 saturated carbocycles. The summed E-state index contributed by atoms with van der Waals surface area (Å²) in [5.41, 5.74) is 2.07. The van der Waals surface area contributed by atoms with Crippen LogP contribution >= 0.6 is 0 Å². The Morgan fingerprint density at radius 1 is 1.50 bits per heavy atom. The van der Waals surface area contributed by atoms with Crippen molar-refractivity contribution in [3.8, 4) is 0 Å². The highest BCUT2D eigenvalue weighted by molar-refractivity contribution is 6.03. The topological polar surface area (TPSA) is 43.4 Å². The van der Waals surface area contributed by atoms with Crippen molar-refractivity contribution in [1.29, 1.82) is 0 Å². The number of allylic oxidation sites excluding steroid dienone is 2. The van der Waals surface area contributed by atoms with Crippen molar-refractivity contribution in [1.82, 2.24) is 0 Å². The quantitative estimate of drug-likeness (QED) is 0.629. The Morgan fingerprint density at radius 2 is 2.14 bits per heavy atom. The number of hydrogen-bond acceptors (Lipinski definition) is 3. The van der Waals surface area contributed by atoms with Crippen LogP contribution in [0, 0.1) is 0 Å². The van der Waals surface area contributed by atoms with Crippen LogP contribution in [-0.4, -0.2) is 18.4 Å². The zero-order valence-corrected chi connectivity index (χ0v) is 8.72. The number of rotatable bonds is 2. The predicted octanol–water partition coefficient (Wildman–Crippen LogP) is 1.79. The molecule has 0 heterocycles. The van der Waals surface area contributed by atoms with E-state index in [0.717, 1.165) is 5.57 Å². The molecular weight excluding hydrogens is 180 g/mol. The molecule has 3 heteroatoms. The summed E-state index contributed by atoms with van der Waals surface area (Å²) in [5.74, 6) is -0.278. The van der Waals surface area contributed by atoms with E-state index < -0.39 is 0 Å². The van der Waals surface area contributed by atoms with Crippen molar-refractivity contribution in [3.63, 3.8) is 0 Å². The van der Waals surface area contributed by atoms with Crippen LogP contribution in [0.2, 0.25) is 0 Å². The summed E-state index contributed by atoms with van der Waals surface area (Å²) in [5, 5.41) is 0. The molecule has 0 fully saturated rings. The monoisotopic (exact) mass is 194 g/mol. The van der Waals surface area contributed by atoms with E-state index in [0.29, 0.717) is 24.2 Å². The lowest BCUT2D eigenvalue weighted by Gasteiger charge is -2.15. The van der Waals surface area contributed by atoms with Crippen LogP contribution < -0.4 is 0 Å². The van der Waals surface area contributed by atoms with E-state index in [9.17, 15) is 9.59 Å². The molecule has 0 spiro atoms. The van der Waals surface area contributed by atoms with Gasteiger partial charge < -0.3 is 4.74 Å². The van der Waals surface area contributed by atoms with Crippen LogP contribution in [0.4, 0.5) is 0 Å². The molecule has 0 aromatic heterocycles. The van der Waals surface area contributed by atoms with Gasteiger partial charge in [-0.05, 0) is 32.4 Å². The smallest absolute Gasteiger partial charge is 0.338 e. The third-order valence-electron chi connectivity index (χ3n) is 2.12. The van der Waals surface area contributed by atoms with E-state index in [-0.39, 0.29) is 11.8 Å². The van der Waals surface area contributed by atoms with E-state index in [1.165, 1.54) is 6.08 Å². The molecule has 0 amide bonds. The van der Waals surface area contributed by atoms with Gasteiger partial charge in [-0.3, -0.25) is 4.79 Å². The van der Waals surface area contributed by atoms with Crippen LogP contribution in [0.3, 0.4) is 0 Å². The Morgan fingerprint density at radius 3 is 2.64 bits per heavy atom. The first-order valence-corrected chi connectivity index (χ1v) is 4.64. The maximum Gasteiger partial charge on any atom is 0.338 e. The molecule has 0 bridgehead atoms. The van der Waals surface area contributed by atoms with Gasteiger partial charge in [0.25, 0.3) is 0 Å². The van der Waals surface area contributed by atoms with Crippen molar-refractivity contribution in [3.05, 3.63) is 22.8 Å². The van der Waals surface area contributed by atoms with Gasteiger partial charge in [-0.2, -0.15) is 0 Å². The summed E-state index contributed by atoms with van der Waals surface area (Å²) in [4.78, 5) is 22.6. The fourth-order valence-electron chi connectivity index (χ4n) is 1.59. The minimum Gasteiger partial charge on any atom is -0.462 e. The lowest BCUT2D eigenvalue weighted by Crippen LogP contribution is -2.15. The van der Waals surface area contributed by atoms with Gasteiger partial charge in [0.15, 0.2) is 5.78 Å². The van der Waals surface area contributed by atoms with Gasteiger partial charge in [0.05, 0.1) is 12.2 Å². The molecule has 0 aromatic carbocycles. The second-order valence-corrected chi connectivity index (χ2v) is 3.35. The van der Waals surface area contributed by atoms with Crippen molar-refractivity contribution in [2.45, 2.75) is 27.2 Å². The van der Waals surface area contributed by atoms with E-state index in [4.69, 9.17) is 4.74 Å². The summed E-state index contributed by atoms with van der Waals surface area (Å²) in [7, 11) is 0. The Bertz CT molecular complexity index is 334. The van der Waals surface area contributed by atoms with Crippen molar-refractivity contribution >= 4 is 11.8 Å². The molecule has 1 aliphatic carbocycles. The fraction of sp³-hybridized carbons (Fsp3) is 0.455. The molecule has 0 N–H and O–H groups in total. The van der Waals surface area contributed by atoms with Gasteiger partial charge in [-0.15, -0.1) is 0 Å². The molecule has 1 rings (SSSR count). The van der Waals surface area contributed by atoms with Crippen LogP contribution in [0.25, 0.3) is 0 Å². The second kappa shape index (κ2) is 4.22. The first-order valence-electron chi connectivity index (χ1n) is 4.64.